The predicted molar refractivity (Wildman–Crippen MR) is 95.4 cm³/mol. The van der Waals surface area contributed by atoms with Gasteiger partial charge in [0.1, 0.15) is 12.1 Å². The standard InChI is InChI=1S/C19H24N2O5/c1-13-17(14-9-5-3-6-10-14)26-16(22)12-8-4-7-11-15(20-19(24)25)18(23)21(13)2/h3-7,9-10,13,15,17,20H,8,11-12H2,1-2H3,(H,24,25)/t13-,15-,17+/m1/s1. The van der Waals surface area contributed by atoms with Crippen molar-refractivity contribution in [3.8, 4) is 0 Å². The Kier molecular flexibility index (Phi) is 6.77. The fourth-order valence-electron chi connectivity index (χ4n) is 2.86. The summed E-state index contributed by atoms with van der Waals surface area (Å²) in [6.07, 6.45) is 2.50. The van der Waals surface area contributed by atoms with Crippen LogP contribution in [0.2, 0.25) is 0 Å². The number of hydrogen-bond acceptors (Lipinski definition) is 4. The molecule has 0 saturated heterocycles. The molecular weight excluding hydrogens is 336 g/mol. The van der Waals surface area contributed by atoms with Crippen LogP contribution in [-0.4, -0.2) is 47.1 Å². The number of ether oxygens (including phenoxy) is 1. The first-order chi connectivity index (χ1) is 12.4. The van der Waals surface area contributed by atoms with Gasteiger partial charge in [0, 0.05) is 13.5 Å². The van der Waals surface area contributed by atoms with E-state index < -0.39 is 24.3 Å². The number of carbonyl (C=O) groups excluding carboxylic acids is 2. The third-order valence-electron chi connectivity index (χ3n) is 4.43. The number of hydrogen-bond donors (Lipinski definition) is 2. The van der Waals surface area contributed by atoms with Crippen molar-refractivity contribution in [2.45, 2.75) is 44.4 Å². The van der Waals surface area contributed by atoms with E-state index in [1.54, 1.807) is 26.1 Å². The molecule has 3 atom stereocenters. The highest BCUT2D eigenvalue weighted by Crippen LogP contribution is 2.26. The van der Waals surface area contributed by atoms with Gasteiger partial charge >= 0.3 is 12.1 Å². The van der Waals surface area contributed by atoms with Crippen LogP contribution in [0.15, 0.2) is 42.5 Å². The maximum absolute atomic E-state index is 12.8. The highest BCUT2D eigenvalue weighted by molar-refractivity contribution is 5.85. The van der Waals surface area contributed by atoms with Gasteiger partial charge < -0.3 is 20.1 Å². The molecule has 7 nitrogen and oxygen atoms in total. The summed E-state index contributed by atoms with van der Waals surface area (Å²) in [5.74, 6) is -0.709. The Morgan fingerprint density at radius 1 is 1.23 bits per heavy atom. The zero-order valence-corrected chi connectivity index (χ0v) is 14.9. The van der Waals surface area contributed by atoms with Crippen molar-refractivity contribution in [2.75, 3.05) is 7.05 Å². The number of allylic oxidation sites excluding steroid dienone is 1. The predicted octanol–water partition coefficient (Wildman–Crippen LogP) is 2.49. The molecule has 0 fully saturated rings. The average molecular weight is 360 g/mol. The summed E-state index contributed by atoms with van der Waals surface area (Å²) < 4.78 is 5.65. The minimum Gasteiger partial charge on any atom is -0.465 e. The molecule has 0 radical (unpaired) electrons. The molecule has 0 aliphatic carbocycles. The lowest BCUT2D eigenvalue weighted by Gasteiger charge is -2.34. The topological polar surface area (TPSA) is 95.9 Å². The molecule has 1 aliphatic heterocycles. The Morgan fingerprint density at radius 2 is 1.92 bits per heavy atom. The van der Waals surface area contributed by atoms with Crippen molar-refractivity contribution >= 4 is 18.0 Å². The van der Waals surface area contributed by atoms with Gasteiger partial charge in [0.25, 0.3) is 0 Å². The van der Waals surface area contributed by atoms with Crippen LogP contribution in [0.4, 0.5) is 4.79 Å². The van der Waals surface area contributed by atoms with Gasteiger partial charge in [0.05, 0.1) is 6.04 Å². The van der Waals surface area contributed by atoms with E-state index in [1.165, 1.54) is 4.90 Å². The summed E-state index contributed by atoms with van der Waals surface area (Å²) in [7, 11) is 1.59. The van der Waals surface area contributed by atoms with Gasteiger partial charge in [-0.3, -0.25) is 9.59 Å². The van der Waals surface area contributed by atoms with Crippen molar-refractivity contribution in [2.24, 2.45) is 0 Å². The van der Waals surface area contributed by atoms with E-state index in [0.29, 0.717) is 6.42 Å². The van der Waals surface area contributed by atoms with Crippen LogP contribution in [0.1, 0.15) is 37.9 Å². The second kappa shape index (κ2) is 9.03. The summed E-state index contributed by atoms with van der Waals surface area (Å²) >= 11 is 0. The minimum atomic E-state index is -1.25. The van der Waals surface area contributed by atoms with E-state index in [1.807, 2.05) is 30.3 Å². The van der Waals surface area contributed by atoms with E-state index in [2.05, 4.69) is 5.32 Å². The van der Waals surface area contributed by atoms with Crippen molar-refractivity contribution in [1.29, 1.82) is 0 Å². The Balaban J connectivity index is 2.34. The Labute approximate surface area is 152 Å². The van der Waals surface area contributed by atoms with Crippen LogP contribution in [0.5, 0.6) is 0 Å². The molecular formula is C19H24N2O5. The molecule has 26 heavy (non-hydrogen) atoms. The highest BCUT2D eigenvalue weighted by atomic mass is 16.5. The molecule has 0 aromatic heterocycles. The molecule has 1 aromatic carbocycles. The molecule has 0 unspecified atom stereocenters. The van der Waals surface area contributed by atoms with Crippen LogP contribution in [-0.2, 0) is 14.3 Å². The van der Waals surface area contributed by atoms with Gasteiger partial charge in [-0.05, 0) is 25.3 Å². The second-order valence-corrected chi connectivity index (χ2v) is 6.26. The van der Waals surface area contributed by atoms with Crippen LogP contribution >= 0.6 is 0 Å². The van der Waals surface area contributed by atoms with E-state index in [9.17, 15) is 14.4 Å². The van der Waals surface area contributed by atoms with Crippen LogP contribution in [0, 0.1) is 0 Å². The zero-order valence-electron chi connectivity index (χ0n) is 14.9. The molecule has 2 amide bonds. The largest absolute Gasteiger partial charge is 0.465 e. The Morgan fingerprint density at radius 3 is 2.58 bits per heavy atom. The summed E-state index contributed by atoms with van der Waals surface area (Å²) in [4.78, 5) is 37.4. The summed E-state index contributed by atoms with van der Waals surface area (Å²) in [5, 5.41) is 11.3. The third-order valence-corrected chi connectivity index (χ3v) is 4.43. The average Bonchev–Trinajstić information content (AvgIpc) is 2.62. The number of esters is 1. The van der Waals surface area contributed by atoms with E-state index in [4.69, 9.17) is 9.84 Å². The van der Waals surface area contributed by atoms with Crippen molar-refractivity contribution < 1.29 is 24.2 Å². The quantitative estimate of drug-likeness (QED) is 0.624. The van der Waals surface area contributed by atoms with Crippen molar-refractivity contribution in [1.82, 2.24) is 10.2 Å². The number of amides is 2. The van der Waals surface area contributed by atoms with Gasteiger partial charge in [0.15, 0.2) is 0 Å². The number of cyclic esters (lactones) is 1. The van der Waals surface area contributed by atoms with Crippen molar-refractivity contribution in [3.63, 3.8) is 0 Å². The van der Waals surface area contributed by atoms with Gasteiger partial charge in [-0.2, -0.15) is 0 Å². The number of carbonyl (C=O) groups is 3. The highest BCUT2D eigenvalue weighted by Gasteiger charge is 2.32. The van der Waals surface area contributed by atoms with Gasteiger partial charge in [-0.15, -0.1) is 0 Å². The van der Waals surface area contributed by atoms with E-state index >= 15 is 0 Å². The van der Waals surface area contributed by atoms with Crippen LogP contribution in [0.3, 0.4) is 0 Å². The number of likely N-dealkylation sites (N-methyl/N-ethyl adjacent to an activating group) is 1. The molecule has 140 valence electrons. The first kappa shape index (κ1) is 19.5. The normalized spacial score (nSPS) is 25.0. The second-order valence-electron chi connectivity index (χ2n) is 6.26. The fourth-order valence-corrected chi connectivity index (χ4v) is 2.86. The lowest BCUT2D eigenvalue weighted by Crippen LogP contribution is -2.51. The molecule has 0 spiro atoms. The molecule has 1 aliphatic rings. The van der Waals surface area contributed by atoms with Gasteiger partial charge in [-0.25, -0.2) is 4.79 Å². The van der Waals surface area contributed by atoms with Gasteiger partial charge in [0.2, 0.25) is 5.91 Å². The molecule has 7 heteroatoms. The molecule has 1 aromatic rings. The smallest absolute Gasteiger partial charge is 0.405 e. The number of benzene rings is 1. The molecule has 0 bridgehead atoms. The molecule has 2 rings (SSSR count). The van der Waals surface area contributed by atoms with E-state index in [-0.39, 0.29) is 24.7 Å². The molecule has 1 heterocycles. The Bertz CT molecular complexity index is 674. The van der Waals surface area contributed by atoms with Crippen LogP contribution < -0.4 is 5.32 Å². The fraction of sp³-hybridized carbons (Fsp3) is 0.421. The first-order valence-electron chi connectivity index (χ1n) is 8.55. The number of nitrogens with one attached hydrogen (secondary N) is 1. The summed E-state index contributed by atoms with van der Waals surface area (Å²) in [6, 6.07) is 7.86. The maximum atomic E-state index is 12.8. The van der Waals surface area contributed by atoms with Crippen LogP contribution in [0.25, 0.3) is 0 Å². The van der Waals surface area contributed by atoms with Crippen molar-refractivity contribution in [3.05, 3.63) is 48.0 Å². The van der Waals surface area contributed by atoms with E-state index in [0.717, 1.165) is 5.56 Å². The molecule has 2 N–H and O–H groups in total. The van der Waals surface area contributed by atoms with Gasteiger partial charge in [-0.1, -0.05) is 42.5 Å². The summed E-state index contributed by atoms with van der Waals surface area (Å²) in [5.41, 5.74) is 0.781. The number of rotatable bonds is 2. The Hall–Kier alpha value is -2.83. The monoisotopic (exact) mass is 360 g/mol. The SMILES string of the molecule is C[C@@H]1[C@@H](c2ccccc2)OC(=O)CCC=CC[C@@H](NC(=O)O)C(=O)N1C. The minimum absolute atomic E-state index is 0.223. The third kappa shape index (κ3) is 5.08. The summed E-state index contributed by atoms with van der Waals surface area (Å²) in [6.45, 7) is 1.78. The maximum Gasteiger partial charge on any atom is 0.405 e. The lowest BCUT2D eigenvalue weighted by molar-refractivity contribution is -0.155. The number of nitrogens with zero attached hydrogens (tertiary/aromatic N) is 1. The number of carboxylic acid groups (broad SMARTS) is 1. The molecule has 0 saturated carbocycles. The first-order valence-corrected chi connectivity index (χ1v) is 8.55. The lowest BCUT2D eigenvalue weighted by atomic mass is 10.0. The zero-order chi connectivity index (χ0) is 19.1.